The van der Waals surface area contributed by atoms with Gasteiger partial charge in [0.05, 0.1) is 11.2 Å². The van der Waals surface area contributed by atoms with Crippen molar-refractivity contribution in [2.45, 2.75) is 30.7 Å². The van der Waals surface area contributed by atoms with E-state index in [9.17, 15) is 18.0 Å². The normalized spacial score (nSPS) is 20.5. The van der Waals surface area contributed by atoms with Crippen molar-refractivity contribution in [1.29, 1.82) is 0 Å². The Labute approximate surface area is 176 Å². The summed E-state index contributed by atoms with van der Waals surface area (Å²) in [6.07, 6.45) is 2.80. The van der Waals surface area contributed by atoms with E-state index >= 15 is 0 Å². The van der Waals surface area contributed by atoms with Crippen LogP contribution in [-0.4, -0.2) is 73.1 Å². The minimum atomic E-state index is -3.58. The van der Waals surface area contributed by atoms with Gasteiger partial charge in [-0.3, -0.25) is 9.59 Å². The largest absolute Gasteiger partial charge is 0.459 e. The molecule has 0 radical (unpaired) electrons. The lowest BCUT2D eigenvalue weighted by atomic mass is 10.1. The molecule has 1 atom stereocenters. The van der Waals surface area contributed by atoms with Crippen molar-refractivity contribution in [1.82, 2.24) is 14.1 Å². The van der Waals surface area contributed by atoms with E-state index in [0.29, 0.717) is 26.1 Å². The van der Waals surface area contributed by atoms with Gasteiger partial charge in [-0.1, -0.05) is 17.7 Å². The fraction of sp³-hybridized carbons (Fsp3) is 0.429. The summed E-state index contributed by atoms with van der Waals surface area (Å²) in [6, 6.07) is 9.49. The molecule has 9 heteroatoms. The summed E-state index contributed by atoms with van der Waals surface area (Å²) in [4.78, 5) is 29.2. The third-order valence-corrected chi connectivity index (χ3v) is 7.65. The average molecular weight is 432 g/mol. The Hall–Kier alpha value is -2.65. The Morgan fingerprint density at radius 3 is 2.33 bits per heavy atom. The maximum Gasteiger partial charge on any atom is 0.290 e. The monoisotopic (exact) mass is 431 g/mol. The van der Waals surface area contributed by atoms with E-state index in [1.165, 1.54) is 10.6 Å². The van der Waals surface area contributed by atoms with Gasteiger partial charge in [-0.15, -0.1) is 0 Å². The number of rotatable bonds is 4. The lowest BCUT2D eigenvalue weighted by Crippen LogP contribution is -2.55. The van der Waals surface area contributed by atoms with Crippen LogP contribution in [0.1, 0.15) is 29.0 Å². The minimum absolute atomic E-state index is 0.125. The van der Waals surface area contributed by atoms with Crippen LogP contribution >= 0.6 is 0 Å². The zero-order valence-electron chi connectivity index (χ0n) is 16.9. The second kappa shape index (κ2) is 8.23. The predicted octanol–water partition coefficient (Wildman–Crippen LogP) is 1.73. The van der Waals surface area contributed by atoms with Crippen molar-refractivity contribution in [3.05, 3.63) is 54.0 Å². The van der Waals surface area contributed by atoms with Gasteiger partial charge < -0.3 is 14.2 Å². The molecule has 2 aliphatic heterocycles. The second-order valence-electron chi connectivity index (χ2n) is 7.68. The predicted molar refractivity (Wildman–Crippen MR) is 109 cm³/mol. The Morgan fingerprint density at radius 1 is 1.00 bits per heavy atom. The summed E-state index contributed by atoms with van der Waals surface area (Å²) < 4.78 is 32.3. The Balaban J connectivity index is 1.40. The molecule has 2 aliphatic rings. The number of piperazine rings is 1. The number of nitrogens with zero attached hydrogens (tertiary/aromatic N) is 3. The molecule has 0 saturated carbocycles. The van der Waals surface area contributed by atoms with Crippen molar-refractivity contribution in [3.8, 4) is 0 Å². The number of sulfonamides is 1. The maximum atomic E-state index is 13.1. The molecule has 160 valence electrons. The van der Waals surface area contributed by atoms with E-state index < -0.39 is 16.1 Å². The van der Waals surface area contributed by atoms with E-state index in [1.807, 2.05) is 6.92 Å². The molecule has 4 rings (SSSR count). The van der Waals surface area contributed by atoms with Crippen LogP contribution in [0.4, 0.5) is 0 Å². The Morgan fingerprint density at radius 2 is 1.70 bits per heavy atom. The van der Waals surface area contributed by atoms with E-state index in [0.717, 1.165) is 12.0 Å². The van der Waals surface area contributed by atoms with E-state index in [4.69, 9.17) is 4.42 Å². The van der Waals surface area contributed by atoms with Gasteiger partial charge in [0.15, 0.2) is 5.76 Å². The van der Waals surface area contributed by atoms with Gasteiger partial charge >= 0.3 is 0 Å². The quantitative estimate of drug-likeness (QED) is 0.735. The molecule has 2 aromatic rings. The third kappa shape index (κ3) is 3.87. The fourth-order valence-corrected chi connectivity index (χ4v) is 5.45. The van der Waals surface area contributed by atoms with Crippen LogP contribution in [0.3, 0.4) is 0 Å². The van der Waals surface area contributed by atoms with Crippen molar-refractivity contribution >= 4 is 21.8 Å². The lowest BCUT2D eigenvalue weighted by molar-refractivity contribution is -0.136. The van der Waals surface area contributed by atoms with Crippen molar-refractivity contribution < 1.29 is 22.4 Å². The lowest BCUT2D eigenvalue weighted by Gasteiger charge is -2.36. The smallest absolute Gasteiger partial charge is 0.290 e. The average Bonchev–Trinajstić information content (AvgIpc) is 3.45. The van der Waals surface area contributed by atoms with Crippen LogP contribution in [0, 0.1) is 6.92 Å². The van der Waals surface area contributed by atoms with Crippen LogP contribution in [0.2, 0.25) is 0 Å². The summed E-state index contributed by atoms with van der Waals surface area (Å²) in [7, 11) is -3.58. The Kier molecular flexibility index (Phi) is 5.66. The summed E-state index contributed by atoms with van der Waals surface area (Å²) >= 11 is 0. The van der Waals surface area contributed by atoms with E-state index in [2.05, 4.69) is 0 Å². The first-order chi connectivity index (χ1) is 14.4. The summed E-state index contributed by atoms with van der Waals surface area (Å²) in [5.74, 6) is -0.181. The van der Waals surface area contributed by atoms with Crippen molar-refractivity contribution in [2.75, 3.05) is 32.7 Å². The number of benzene rings is 1. The fourth-order valence-electron chi connectivity index (χ4n) is 4.03. The van der Waals surface area contributed by atoms with Gasteiger partial charge in [-0.25, -0.2) is 8.42 Å². The van der Waals surface area contributed by atoms with Gasteiger partial charge in [0.1, 0.15) is 6.04 Å². The first-order valence-corrected chi connectivity index (χ1v) is 11.5. The molecule has 0 spiro atoms. The molecule has 1 aromatic carbocycles. The molecule has 2 amide bonds. The molecule has 0 N–H and O–H groups in total. The van der Waals surface area contributed by atoms with Crippen LogP contribution in [0.25, 0.3) is 0 Å². The number of aryl methyl sites for hydroxylation is 1. The van der Waals surface area contributed by atoms with Gasteiger partial charge in [-0.2, -0.15) is 4.31 Å². The molecule has 30 heavy (non-hydrogen) atoms. The molecule has 0 unspecified atom stereocenters. The number of carbonyl (C=O) groups is 2. The molecule has 8 nitrogen and oxygen atoms in total. The van der Waals surface area contributed by atoms with Crippen LogP contribution < -0.4 is 0 Å². The highest BCUT2D eigenvalue weighted by atomic mass is 32.2. The molecule has 2 saturated heterocycles. The number of carbonyl (C=O) groups excluding carboxylic acids is 2. The third-order valence-electron chi connectivity index (χ3n) is 5.74. The SMILES string of the molecule is Cc1ccc(S(=O)(=O)N2CCN(C(=O)[C@@H]3CCCN3C(=O)c3ccco3)CC2)cc1. The summed E-state index contributed by atoms with van der Waals surface area (Å²) in [6.45, 7) is 3.51. The number of amides is 2. The van der Waals surface area contributed by atoms with Crippen LogP contribution in [-0.2, 0) is 14.8 Å². The topological polar surface area (TPSA) is 91.1 Å². The van der Waals surface area contributed by atoms with Gasteiger partial charge in [0.2, 0.25) is 15.9 Å². The van der Waals surface area contributed by atoms with Gasteiger partial charge in [0, 0.05) is 32.7 Å². The molecule has 0 aliphatic carbocycles. The van der Waals surface area contributed by atoms with Gasteiger partial charge in [0.25, 0.3) is 5.91 Å². The minimum Gasteiger partial charge on any atom is -0.459 e. The zero-order chi connectivity index (χ0) is 21.3. The summed E-state index contributed by atoms with van der Waals surface area (Å²) in [5.41, 5.74) is 0.995. The molecular weight excluding hydrogens is 406 g/mol. The highest BCUT2D eigenvalue weighted by Crippen LogP contribution is 2.24. The number of hydrogen-bond acceptors (Lipinski definition) is 5. The highest BCUT2D eigenvalue weighted by molar-refractivity contribution is 7.89. The number of furan rings is 1. The molecule has 0 bridgehead atoms. The number of hydrogen-bond donors (Lipinski definition) is 0. The molecule has 3 heterocycles. The molecular formula is C21H25N3O5S. The van der Waals surface area contributed by atoms with Crippen molar-refractivity contribution in [3.63, 3.8) is 0 Å². The molecule has 1 aromatic heterocycles. The Bertz CT molecular complexity index is 1010. The van der Waals surface area contributed by atoms with E-state index in [-0.39, 0.29) is 35.6 Å². The second-order valence-corrected chi connectivity index (χ2v) is 9.61. The first-order valence-electron chi connectivity index (χ1n) is 10.1. The summed E-state index contributed by atoms with van der Waals surface area (Å²) in [5, 5.41) is 0. The van der Waals surface area contributed by atoms with Crippen molar-refractivity contribution in [2.24, 2.45) is 0 Å². The van der Waals surface area contributed by atoms with Gasteiger partial charge in [-0.05, 0) is 44.0 Å². The highest BCUT2D eigenvalue weighted by Gasteiger charge is 2.39. The first kappa shape index (κ1) is 20.6. The number of likely N-dealkylation sites (tertiary alicyclic amines) is 1. The van der Waals surface area contributed by atoms with E-state index in [1.54, 1.807) is 46.2 Å². The van der Waals surface area contributed by atoms with Crippen LogP contribution in [0.15, 0.2) is 52.0 Å². The molecule has 2 fully saturated rings. The maximum absolute atomic E-state index is 13.1. The zero-order valence-corrected chi connectivity index (χ0v) is 17.7. The standard InChI is InChI=1S/C21H25N3O5S/c1-16-6-8-17(9-7-16)30(27,28)23-13-11-22(12-14-23)20(25)18-4-2-10-24(18)21(26)19-5-3-15-29-19/h3,5-9,15,18H,2,4,10-14H2,1H3/t18-/m0/s1. The van der Waals surface area contributed by atoms with Crippen LogP contribution in [0.5, 0.6) is 0 Å².